The quantitative estimate of drug-likeness (QED) is 0.345. The molecule has 2 amide bonds. The lowest BCUT2D eigenvalue weighted by molar-refractivity contribution is -0.137. The fourth-order valence-corrected chi connectivity index (χ4v) is 5.00. The normalized spacial score (nSPS) is 13.4. The molecule has 188 valence electrons. The molecule has 0 saturated carbocycles. The van der Waals surface area contributed by atoms with Gasteiger partial charge in [0, 0.05) is 25.4 Å². The number of hydrogen-bond acceptors (Lipinski definition) is 6. The third-order valence-electron chi connectivity index (χ3n) is 5.63. The van der Waals surface area contributed by atoms with Gasteiger partial charge in [0.15, 0.2) is 0 Å². The smallest absolute Gasteiger partial charge is 0.407 e. The molecule has 1 atom stereocenters. The Morgan fingerprint density at radius 2 is 1.63 bits per heavy atom. The summed E-state index contributed by atoms with van der Waals surface area (Å²) in [5.74, 6) is -2.34. The number of aliphatic carboxylic acids is 1. The number of fused-ring (bicyclic) bond motifs is 3. The van der Waals surface area contributed by atoms with Crippen molar-refractivity contribution >= 4 is 28.0 Å². The van der Waals surface area contributed by atoms with Crippen molar-refractivity contribution in [2.45, 2.75) is 31.7 Å². The Hall–Kier alpha value is -3.44. The third kappa shape index (κ3) is 7.03. The minimum atomic E-state index is -3.54. The molecule has 35 heavy (non-hydrogen) atoms. The van der Waals surface area contributed by atoms with Crippen LogP contribution in [0.15, 0.2) is 48.5 Å². The SMILES string of the molecule is CCNS(=O)(=O)CCNC(=O)C(CCC(=O)O)NC(=O)OCC1c2ccccc2-c2ccccc21. The van der Waals surface area contributed by atoms with Gasteiger partial charge < -0.3 is 20.5 Å². The molecule has 0 radical (unpaired) electrons. The molecule has 0 aromatic heterocycles. The Kier molecular flexibility index (Phi) is 8.83. The van der Waals surface area contributed by atoms with Crippen LogP contribution in [0.25, 0.3) is 11.1 Å². The zero-order chi connectivity index (χ0) is 25.4. The van der Waals surface area contributed by atoms with Gasteiger partial charge in [-0.15, -0.1) is 0 Å². The first-order chi connectivity index (χ1) is 16.7. The van der Waals surface area contributed by atoms with Gasteiger partial charge in [-0.2, -0.15) is 0 Å². The summed E-state index contributed by atoms with van der Waals surface area (Å²) in [6, 6.07) is 14.5. The second kappa shape index (κ2) is 11.8. The van der Waals surface area contributed by atoms with Crippen molar-refractivity contribution in [3.63, 3.8) is 0 Å². The Bertz CT molecular complexity index is 1140. The predicted molar refractivity (Wildman–Crippen MR) is 129 cm³/mol. The molecular formula is C24H29N3O7S. The number of benzene rings is 2. The number of carbonyl (C=O) groups is 3. The summed E-state index contributed by atoms with van der Waals surface area (Å²) in [6.07, 6.45) is -1.40. The second-order valence-corrected chi connectivity index (χ2v) is 9.99. The van der Waals surface area contributed by atoms with E-state index in [-0.39, 0.29) is 44.2 Å². The Morgan fingerprint density at radius 1 is 1.03 bits per heavy atom. The number of carboxylic acids is 1. The zero-order valence-corrected chi connectivity index (χ0v) is 20.1. The van der Waals surface area contributed by atoms with Crippen molar-refractivity contribution in [2.24, 2.45) is 0 Å². The number of sulfonamides is 1. The van der Waals surface area contributed by atoms with Gasteiger partial charge in [0.2, 0.25) is 15.9 Å². The van der Waals surface area contributed by atoms with Crippen LogP contribution in [0.4, 0.5) is 4.79 Å². The molecule has 0 aliphatic heterocycles. The Balaban J connectivity index is 1.60. The molecule has 1 aliphatic carbocycles. The highest BCUT2D eigenvalue weighted by molar-refractivity contribution is 7.89. The highest BCUT2D eigenvalue weighted by Gasteiger charge is 2.30. The number of nitrogens with one attached hydrogen (secondary N) is 3. The maximum Gasteiger partial charge on any atom is 0.407 e. The number of rotatable bonds is 12. The van der Waals surface area contributed by atoms with E-state index < -0.39 is 34.0 Å². The van der Waals surface area contributed by atoms with E-state index in [2.05, 4.69) is 15.4 Å². The molecule has 1 unspecified atom stereocenters. The zero-order valence-electron chi connectivity index (χ0n) is 19.3. The monoisotopic (exact) mass is 503 g/mol. The van der Waals surface area contributed by atoms with Crippen LogP contribution in [0, 0.1) is 0 Å². The van der Waals surface area contributed by atoms with Gasteiger partial charge in [0.1, 0.15) is 12.6 Å². The van der Waals surface area contributed by atoms with E-state index in [1.165, 1.54) is 0 Å². The maximum atomic E-state index is 12.5. The summed E-state index contributed by atoms with van der Waals surface area (Å²) in [5.41, 5.74) is 4.21. The molecule has 11 heteroatoms. The van der Waals surface area contributed by atoms with Crippen molar-refractivity contribution in [1.82, 2.24) is 15.4 Å². The van der Waals surface area contributed by atoms with Crippen LogP contribution < -0.4 is 15.4 Å². The summed E-state index contributed by atoms with van der Waals surface area (Å²) in [5, 5.41) is 13.8. The highest BCUT2D eigenvalue weighted by Crippen LogP contribution is 2.44. The molecule has 2 aromatic carbocycles. The largest absolute Gasteiger partial charge is 0.481 e. The number of ether oxygens (including phenoxy) is 1. The Morgan fingerprint density at radius 3 is 2.20 bits per heavy atom. The first kappa shape index (κ1) is 26.2. The van der Waals surface area contributed by atoms with Crippen LogP contribution in [-0.4, -0.2) is 63.0 Å². The van der Waals surface area contributed by atoms with Gasteiger partial charge in [0.25, 0.3) is 0 Å². The average molecular weight is 504 g/mol. The van der Waals surface area contributed by atoms with Crippen LogP contribution >= 0.6 is 0 Å². The molecule has 1 aliphatic rings. The third-order valence-corrected chi connectivity index (χ3v) is 7.10. The van der Waals surface area contributed by atoms with Gasteiger partial charge in [-0.05, 0) is 28.7 Å². The molecule has 3 rings (SSSR count). The number of hydrogen-bond donors (Lipinski definition) is 4. The van der Waals surface area contributed by atoms with E-state index in [0.717, 1.165) is 22.3 Å². The molecule has 0 spiro atoms. The topological polar surface area (TPSA) is 151 Å². The van der Waals surface area contributed by atoms with Crippen LogP contribution in [0.2, 0.25) is 0 Å². The van der Waals surface area contributed by atoms with Gasteiger partial charge in [0.05, 0.1) is 5.75 Å². The highest BCUT2D eigenvalue weighted by atomic mass is 32.2. The standard InChI is InChI=1S/C24H29N3O7S/c1-2-26-35(32,33)14-13-25-23(30)21(11-12-22(28)29)27-24(31)34-15-20-18-9-5-3-7-16(18)17-8-4-6-10-19(17)20/h3-10,20-21,26H,2,11-15H2,1H3,(H,25,30)(H,27,31)(H,28,29). The fraction of sp³-hybridized carbons (Fsp3) is 0.375. The van der Waals surface area contributed by atoms with Crippen molar-refractivity contribution in [1.29, 1.82) is 0 Å². The molecule has 10 nitrogen and oxygen atoms in total. The summed E-state index contributed by atoms with van der Waals surface area (Å²) in [7, 11) is -3.54. The van der Waals surface area contributed by atoms with Gasteiger partial charge in [-0.3, -0.25) is 9.59 Å². The molecule has 0 fully saturated rings. The van der Waals surface area contributed by atoms with Crippen molar-refractivity contribution < 1.29 is 32.6 Å². The molecule has 4 N–H and O–H groups in total. The second-order valence-electron chi connectivity index (χ2n) is 8.06. The van der Waals surface area contributed by atoms with Crippen LogP contribution in [0.3, 0.4) is 0 Å². The van der Waals surface area contributed by atoms with Gasteiger partial charge >= 0.3 is 12.1 Å². The van der Waals surface area contributed by atoms with Crippen molar-refractivity contribution in [2.75, 3.05) is 25.4 Å². The lowest BCUT2D eigenvalue weighted by Crippen LogP contribution is -2.48. The molecule has 0 saturated heterocycles. The lowest BCUT2D eigenvalue weighted by atomic mass is 9.98. The average Bonchev–Trinajstić information content (AvgIpc) is 3.13. The minimum absolute atomic E-state index is 0.0358. The maximum absolute atomic E-state index is 12.5. The molecular weight excluding hydrogens is 474 g/mol. The summed E-state index contributed by atoms with van der Waals surface area (Å²) >= 11 is 0. The van der Waals surface area contributed by atoms with Crippen LogP contribution in [0.5, 0.6) is 0 Å². The summed E-state index contributed by atoms with van der Waals surface area (Å²) in [6.45, 7) is 1.70. The van der Waals surface area contributed by atoms with Crippen LogP contribution in [0.1, 0.15) is 36.8 Å². The van der Waals surface area contributed by atoms with E-state index in [0.29, 0.717) is 0 Å². The van der Waals surface area contributed by atoms with Crippen molar-refractivity contribution in [3.8, 4) is 11.1 Å². The first-order valence-electron chi connectivity index (χ1n) is 11.3. The number of carbonyl (C=O) groups excluding carboxylic acids is 2. The Labute approximate surface area is 204 Å². The van der Waals surface area contributed by atoms with Gasteiger partial charge in [-0.1, -0.05) is 55.5 Å². The van der Waals surface area contributed by atoms with Crippen LogP contribution in [-0.2, 0) is 24.3 Å². The van der Waals surface area contributed by atoms with Gasteiger partial charge in [-0.25, -0.2) is 17.9 Å². The molecule has 2 aromatic rings. The van der Waals surface area contributed by atoms with E-state index in [4.69, 9.17) is 9.84 Å². The molecule has 0 bridgehead atoms. The number of amides is 2. The van der Waals surface area contributed by atoms with E-state index in [1.807, 2.05) is 48.5 Å². The summed E-state index contributed by atoms with van der Waals surface area (Å²) in [4.78, 5) is 36.1. The number of alkyl carbamates (subject to hydrolysis) is 1. The van der Waals surface area contributed by atoms with E-state index in [1.54, 1.807) is 6.92 Å². The minimum Gasteiger partial charge on any atom is -0.481 e. The van der Waals surface area contributed by atoms with Crippen molar-refractivity contribution in [3.05, 3.63) is 59.7 Å². The first-order valence-corrected chi connectivity index (χ1v) is 13.0. The number of carboxylic acid groups (broad SMARTS) is 1. The summed E-state index contributed by atoms with van der Waals surface area (Å²) < 4.78 is 31.2. The fourth-order valence-electron chi connectivity index (χ4n) is 4.04. The van der Waals surface area contributed by atoms with E-state index in [9.17, 15) is 22.8 Å². The lowest BCUT2D eigenvalue weighted by Gasteiger charge is -2.19. The van der Waals surface area contributed by atoms with E-state index >= 15 is 0 Å². The molecule has 0 heterocycles. The predicted octanol–water partition coefficient (Wildman–Crippen LogP) is 1.81.